The molecule has 1 aromatic heterocycles. The molecule has 0 aliphatic rings. The van der Waals surface area contributed by atoms with Crippen molar-refractivity contribution in [2.45, 2.75) is 11.4 Å². The first-order valence-corrected chi connectivity index (χ1v) is 8.95. The molecule has 3 rings (SSSR count). The largest absolute Gasteiger partial charge is 0.338 e. The average molecular weight is 394 g/mol. The van der Waals surface area contributed by atoms with Crippen molar-refractivity contribution >= 4 is 26.0 Å². The Morgan fingerprint density at radius 1 is 1.04 bits per heavy atom. The molecule has 0 radical (unpaired) electrons. The summed E-state index contributed by atoms with van der Waals surface area (Å²) in [6.07, 6.45) is 0. The Balaban J connectivity index is 1.71. The topological polar surface area (TPSA) is 85.1 Å². The molecule has 0 fully saturated rings. The molecule has 8 heteroatoms. The second-order valence-corrected chi connectivity index (χ2v) is 7.34. The summed E-state index contributed by atoms with van der Waals surface area (Å²) in [5, 5.41) is 3.84. The van der Waals surface area contributed by atoms with Gasteiger partial charge in [-0.3, -0.25) is 0 Å². The van der Waals surface area contributed by atoms with Gasteiger partial charge < -0.3 is 4.52 Å². The van der Waals surface area contributed by atoms with Gasteiger partial charge in [0, 0.05) is 10.0 Å². The number of halogens is 1. The summed E-state index contributed by atoms with van der Waals surface area (Å²) >= 11 is 3.26. The van der Waals surface area contributed by atoms with E-state index >= 15 is 0 Å². The fraction of sp³-hybridized carbons (Fsp3) is 0.0667. The van der Waals surface area contributed by atoms with E-state index in [4.69, 9.17) is 4.52 Å². The maximum Gasteiger partial charge on any atom is 0.242 e. The summed E-state index contributed by atoms with van der Waals surface area (Å²) in [4.78, 5) is 4.35. The van der Waals surface area contributed by atoms with Crippen molar-refractivity contribution in [2.75, 3.05) is 0 Å². The molecule has 0 aliphatic carbocycles. The van der Waals surface area contributed by atoms with Crippen LogP contribution in [0.4, 0.5) is 0 Å². The van der Waals surface area contributed by atoms with E-state index in [1.807, 2.05) is 30.3 Å². The minimum absolute atomic E-state index is 0.0712. The predicted molar refractivity (Wildman–Crippen MR) is 87.9 cm³/mol. The van der Waals surface area contributed by atoms with Crippen molar-refractivity contribution in [2.24, 2.45) is 0 Å². The first-order chi connectivity index (χ1) is 11.0. The van der Waals surface area contributed by atoms with E-state index in [9.17, 15) is 8.42 Å². The van der Waals surface area contributed by atoms with Gasteiger partial charge in [0.25, 0.3) is 0 Å². The van der Waals surface area contributed by atoms with Crippen molar-refractivity contribution in [1.29, 1.82) is 0 Å². The molecule has 6 nitrogen and oxygen atoms in total. The number of hydrogen-bond acceptors (Lipinski definition) is 5. The van der Waals surface area contributed by atoms with Gasteiger partial charge in [-0.15, -0.1) is 0 Å². The summed E-state index contributed by atoms with van der Waals surface area (Å²) < 4.78 is 32.7. The third-order valence-corrected chi connectivity index (χ3v) is 4.98. The Bertz CT molecular complexity index is 893. The molecule has 2 aromatic carbocycles. The normalized spacial score (nSPS) is 11.5. The Labute approximate surface area is 141 Å². The molecular weight excluding hydrogens is 382 g/mol. The Morgan fingerprint density at radius 2 is 1.74 bits per heavy atom. The van der Waals surface area contributed by atoms with Crippen LogP contribution in [0.15, 0.2) is 68.5 Å². The van der Waals surface area contributed by atoms with Crippen LogP contribution >= 0.6 is 15.9 Å². The Hall–Kier alpha value is -2.03. The summed E-state index contributed by atoms with van der Waals surface area (Å²) in [6.45, 7) is -0.0712. The van der Waals surface area contributed by atoms with Gasteiger partial charge in [0.2, 0.25) is 21.7 Å². The summed E-state index contributed by atoms with van der Waals surface area (Å²) in [5.74, 6) is 0.618. The third kappa shape index (κ3) is 3.84. The van der Waals surface area contributed by atoms with Crippen LogP contribution in [0.5, 0.6) is 0 Å². The number of nitrogens with one attached hydrogen (secondary N) is 1. The van der Waals surface area contributed by atoms with Crippen LogP contribution in [0, 0.1) is 0 Å². The molecule has 0 bridgehead atoms. The van der Waals surface area contributed by atoms with E-state index in [1.165, 1.54) is 12.1 Å². The second kappa shape index (κ2) is 6.61. The van der Waals surface area contributed by atoms with Crippen molar-refractivity contribution in [3.63, 3.8) is 0 Å². The van der Waals surface area contributed by atoms with Gasteiger partial charge in [0.1, 0.15) is 0 Å². The molecule has 0 spiro atoms. The lowest BCUT2D eigenvalue weighted by Gasteiger charge is -2.04. The molecule has 0 aliphatic heterocycles. The van der Waals surface area contributed by atoms with Crippen LogP contribution < -0.4 is 4.72 Å². The zero-order valence-electron chi connectivity index (χ0n) is 11.8. The highest BCUT2D eigenvalue weighted by molar-refractivity contribution is 9.10. The van der Waals surface area contributed by atoms with Crippen molar-refractivity contribution in [3.05, 3.63) is 65.0 Å². The minimum atomic E-state index is -3.63. The van der Waals surface area contributed by atoms with Gasteiger partial charge in [-0.25, -0.2) is 13.1 Å². The molecular formula is C15H12BrN3O3S. The quantitative estimate of drug-likeness (QED) is 0.719. The van der Waals surface area contributed by atoms with Crippen LogP contribution in [-0.4, -0.2) is 18.6 Å². The first kappa shape index (κ1) is 15.9. The summed E-state index contributed by atoms with van der Waals surface area (Å²) in [6, 6.07) is 15.6. The minimum Gasteiger partial charge on any atom is -0.338 e. The maximum absolute atomic E-state index is 12.2. The van der Waals surface area contributed by atoms with Crippen molar-refractivity contribution in [3.8, 4) is 11.4 Å². The van der Waals surface area contributed by atoms with E-state index in [-0.39, 0.29) is 17.3 Å². The molecule has 0 amide bonds. The van der Waals surface area contributed by atoms with Gasteiger partial charge in [-0.2, -0.15) is 4.98 Å². The average Bonchev–Trinajstić information content (AvgIpc) is 3.03. The smallest absolute Gasteiger partial charge is 0.242 e. The van der Waals surface area contributed by atoms with Gasteiger partial charge in [0.15, 0.2) is 0 Å². The fourth-order valence-corrected chi connectivity index (χ4v) is 3.12. The number of aromatic nitrogens is 2. The molecule has 1 heterocycles. The molecule has 0 saturated heterocycles. The molecule has 3 aromatic rings. The highest BCUT2D eigenvalue weighted by Crippen LogP contribution is 2.16. The number of rotatable bonds is 5. The zero-order chi connectivity index (χ0) is 16.3. The lowest BCUT2D eigenvalue weighted by molar-refractivity contribution is 0.376. The van der Waals surface area contributed by atoms with Crippen LogP contribution in [0.2, 0.25) is 0 Å². The SMILES string of the molecule is O=S(=O)(NCc1nc(-c2ccccc2)no1)c1ccc(Br)cc1. The number of nitrogens with zero attached hydrogens (tertiary/aromatic N) is 2. The van der Waals surface area contributed by atoms with Crippen molar-refractivity contribution in [1.82, 2.24) is 14.9 Å². The first-order valence-electron chi connectivity index (χ1n) is 6.68. The van der Waals surface area contributed by atoms with Gasteiger partial charge in [0.05, 0.1) is 11.4 Å². The summed E-state index contributed by atoms with van der Waals surface area (Å²) in [5.41, 5.74) is 0.804. The van der Waals surface area contributed by atoms with Crippen LogP contribution in [-0.2, 0) is 16.6 Å². The third-order valence-electron chi connectivity index (χ3n) is 3.04. The Kier molecular flexibility index (Phi) is 4.56. The second-order valence-electron chi connectivity index (χ2n) is 4.66. The van der Waals surface area contributed by atoms with Gasteiger partial charge in [-0.1, -0.05) is 51.4 Å². The summed E-state index contributed by atoms with van der Waals surface area (Å²) in [7, 11) is -3.63. The molecule has 0 atom stereocenters. The number of hydrogen-bond donors (Lipinski definition) is 1. The highest BCUT2D eigenvalue weighted by atomic mass is 79.9. The molecule has 23 heavy (non-hydrogen) atoms. The molecule has 0 saturated carbocycles. The van der Waals surface area contributed by atoms with Crippen LogP contribution in [0.3, 0.4) is 0 Å². The van der Waals surface area contributed by atoms with Gasteiger partial charge >= 0.3 is 0 Å². The van der Waals surface area contributed by atoms with Crippen LogP contribution in [0.25, 0.3) is 11.4 Å². The van der Waals surface area contributed by atoms with E-state index in [2.05, 4.69) is 30.8 Å². The lowest BCUT2D eigenvalue weighted by atomic mass is 10.2. The fourth-order valence-electron chi connectivity index (χ4n) is 1.88. The number of sulfonamides is 1. The molecule has 1 N–H and O–H groups in total. The Morgan fingerprint density at radius 3 is 2.43 bits per heavy atom. The zero-order valence-corrected chi connectivity index (χ0v) is 14.2. The van der Waals surface area contributed by atoms with Crippen LogP contribution in [0.1, 0.15) is 5.89 Å². The van der Waals surface area contributed by atoms with Crippen molar-refractivity contribution < 1.29 is 12.9 Å². The standard InChI is InChI=1S/C15H12BrN3O3S/c16-12-6-8-13(9-7-12)23(20,21)17-10-14-18-15(19-22-14)11-4-2-1-3-5-11/h1-9,17H,10H2. The highest BCUT2D eigenvalue weighted by Gasteiger charge is 2.16. The number of benzene rings is 2. The molecule has 0 unspecified atom stereocenters. The molecule has 118 valence electrons. The maximum atomic E-state index is 12.2. The lowest BCUT2D eigenvalue weighted by Crippen LogP contribution is -2.23. The monoisotopic (exact) mass is 393 g/mol. The van der Waals surface area contributed by atoms with E-state index in [0.29, 0.717) is 5.82 Å². The van der Waals surface area contributed by atoms with Gasteiger partial charge in [-0.05, 0) is 24.3 Å². The predicted octanol–water partition coefficient (Wildman–Crippen LogP) is 2.98. The van der Waals surface area contributed by atoms with E-state index in [1.54, 1.807) is 12.1 Å². The van der Waals surface area contributed by atoms with E-state index < -0.39 is 10.0 Å². The van der Waals surface area contributed by atoms with E-state index in [0.717, 1.165) is 10.0 Å².